The van der Waals surface area contributed by atoms with E-state index in [-0.39, 0.29) is 44.4 Å². The third-order valence-corrected chi connectivity index (χ3v) is 1.82. The van der Waals surface area contributed by atoms with E-state index in [0.29, 0.717) is 0 Å². The first-order chi connectivity index (χ1) is 6.66. The molecule has 3 heteroatoms. The maximum atomic E-state index is 11.4. The van der Waals surface area contributed by atoms with Gasteiger partial charge in [-0.15, -0.1) is 6.42 Å². The van der Waals surface area contributed by atoms with Crippen molar-refractivity contribution >= 4 is 11.6 Å². The van der Waals surface area contributed by atoms with Crippen LogP contribution >= 0.6 is 0 Å². The number of rotatable bonds is 0. The molecule has 0 aromatic heterocycles. The lowest BCUT2D eigenvalue weighted by molar-refractivity contribution is -0.128. The van der Waals surface area contributed by atoms with Gasteiger partial charge in [-0.25, -0.2) is 0 Å². The second kappa shape index (κ2) is 11.3. The number of nitrogens with zero attached hydrogens (tertiary/aromatic N) is 2. The van der Waals surface area contributed by atoms with Gasteiger partial charge in [-0.2, -0.15) is 10.1 Å². The summed E-state index contributed by atoms with van der Waals surface area (Å²) in [5, 5.41) is 5.06. The summed E-state index contributed by atoms with van der Waals surface area (Å²) in [4.78, 5) is 11.4. The predicted octanol–water partition coefficient (Wildman–Crippen LogP) is 2.60. The van der Waals surface area contributed by atoms with Gasteiger partial charge in [-0.1, -0.05) is 0 Å². The van der Waals surface area contributed by atoms with Gasteiger partial charge in [0.1, 0.15) is 0 Å². The van der Waals surface area contributed by atoms with E-state index < -0.39 is 0 Å². The van der Waals surface area contributed by atoms with Crippen molar-refractivity contribution in [3.05, 3.63) is 29.7 Å². The van der Waals surface area contributed by atoms with E-state index in [4.69, 9.17) is 6.42 Å². The molecule has 0 bridgehead atoms. The number of terminal acetylenes is 1. The standard InChI is InChI=1S/C11H8N2O.4CH3.H2.H/c1-4-5-6-7-8-13-11(14)9(2)10(3)12-13;;;;;;/h1,9H,2-3H3;4*1H3;1H;/q;4*-1;;-1. The van der Waals surface area contributed by atoms with Crippen molar-refractivity contribution in [1.82, 2.24) is 5.01 Å². The Morgan fingerprint density at radius 2 is 1.83 bits per heavy atom. The Balaban J connectivity index is -0.0000000817. The molecule has 1 atom stereocenters. The summed E-state index contributed by atoms with van der Waals surface area (Å²) in [6.45, 7) is 3.58. The first-order valence-corrected chi connectivity index (χ1v) is 4.02. The molecule has 1 aliphatic heterocycles. The summed E-state index contributed by atoms with van der Waals surface area (Å²) in [6, 6.07) is 2.50. The molecule has 0 saturated carbocycles. The van der Waals surface area contributed by atoms with E-state index in [2.05, 4.69) is 34.8 Å². The monoisotopic (exact) mass is 247 g/mol. The van der Waals surface area contributed by atoms with E-state index in [9.17, 15) is 4.79 Å². The van der Waals surface area contributed by atoms with Crippen LogP contribution in [0.4, 0.5) is 0 Å². The molecule has 0 spiro atoms. The third kappa shape index (κ3) is 5.78. The molecule has 1 aliphatic rings. The van der Waals surface area contributed by atoms with Crippen molar-refractivity contribution in [2.45, 2.75) is 13.8 Å². The average molecular weight is 247 g/mol. The second-order valence-electron chi connectivity index (χ2n) is 2.74. The molecule has 0 aliphatic carbocycles. The zero-order valence-electron chi connectivity index (χ0n) is 13.0. The highest BCUT2D eigenvalue weighted by Gasteiger charge is 2.28. The molecule has 1 unspecified atom stereocenters. The van der Waals surface area contributed by atoms with E-state index >= 15 is 0 Å². The van der Waals surface area contributed by atoms with Gasteiger partial charge in [0.05, 0.1) is 12.0 Å². The zero-order chi connectivity index (χ0) is 10.6. The Hall–Kier alpha value is -2.18. The van der Waals surface area contributed by atoms with Crippen LogP contribution in [-0.2, 0) is 4.79 Å². The lowest BCUT2D eigenvalue weighted by Gasteiger charge is -2.01. The summed E-state index contributed by atoms with van der Waals surface area (Å²) >= 11 is 0. The van der Waals surface area contributed by atoms with Gasteiger partial charge in [0.25, 0.3) is 5.91 Å². The summed E-state index contributed by atoms with van der Waals surface area (Å²) < 4.78 is 0. The molecule has 1 amide bonds. The summed E-state index contributed by atoms with van der Waals surface area (Å²) in [5.41, 5.74) is 0.759. The molecule has 18 heavy (non-hydrogen) atoms. The van der Waals surface area contributed by atoms with Crippen molar-refractivity contribution < 1.29 is 7.65 Å². The lowest BCUT2D eigenvalue weighted by atomic mass is 10.1. The van der Waals surface area contributed by atoms with Crippen LogP contribution in [0.2, 0.25) is 0 Å². The van der Waals surface area contributed by atoms with Crippen molar-refractivity contribution in [2.24, 2.45) is 11.0 Å². The van der Waals surface area contributed by atoms with Gasteiger partial charge in [0.15, 0.2) is 0 Å². The Morgan fingerprint density at radius 1 is 1.28 bits per heavy atom. The van der Waals surface area contributed by atoms with E-state index in [0.717, 1.165) is 10.7 Å². The smallest absolute Gasteiger partial charge is 0.263 e. The first-order valence-electron chi connectivity index (χ1n) is 4.02. The Labute approximate surface area is 116 Å². The molecular formula is C15H23N2O-5. The van der Waals surface area contributed by atoms with Crippen molar-refractivity contribution in [1.29, 1.82) is 0 Å². The van der Waals surface area contributed by atoms with Crippen molar-refractivity contribution in [3.63, 3.8) is 0 Å². The highest BCUT2D eigenvalue weighted by Crippen LogP contribution is 2.13. The summed E-state index contributed by atoms with van der Waals surface area (Å²) in [7, 11) is 0. The largest absolute Gasteiger partial charge is 1.00 e. The van der Waals surface area contributed by atoms with Crippen molar-refractivity contribution in [3.8, 4) is 36.1 Å². The van der Waals surface area contributed by atoms with E-state index in [1.807, 2.05) is 0 Å². The van der Waals surface area contributed by atoms with Gasteiger partial charge < -0.3 is 31.1 Å². The number of amides is 1. The predicted molar refractivity (Wildman–Crippen MR) is 82.4 cm³/mol. The van der Waals surface area contributed by atoms with E-state index in [1.54, 1.807) is 13.8 Å². The normalized spacial score (nSPS) is 14.5. The van der Waals surface area contributed by atoms with Crippen LogP contribution in [0, 0.1) is 71.8 Å². The SMILES string of the molecule is C#CC#CC#CN1N=C(C)C(C)C1=O.[CH3-].[CH3-].[CH3-].[CH3-].[H-].[HH]. The third-order valence-electron chi connectivity index (χ3n) is 1.82. The van der Waals surface area contributed by atoms with Gasteiger partial charge in [-0.3, -0.25) is 4.79 Å². The fourth-order valence-electron chi connectivity index (χ4n) is 0.884. The molecule has 1 rings (SSSR count). The minimum atomic E-state index is -0.190. The van der Waals surface area contributed by atoms with Crippen molar-refractivity contribution in [2.75, 3.05) is 0 Å². The number of carbonyl (C=O) groups excluding carboxylic acids is 1. The molecule has 0 saturated heterocycles. The molecule has 104 valence electrons. The molecule has 0 radical (unpaired) electrons. The minimum absolute atomic E-state index is 0. The average Bonchev–Trinajstić information content (AvgIpc) is 2.41. The molecule has 0 fully saturated rings. The van der Waals surface area contributed by atoms with Gasteiger partial charge >= 0.3 is 0 Å². The summed E-state index contributed by atoms with van der Waals surface area (Å²) in [5.74, 6) is 8.97. The molecule has 1 heterocycles. The first kappa shape index (κ1) is 24.9. The van der Waals surface area contributed by atoms with Gasteiger partial charge in [0.2, 0.25) is 0 Å². The van der Waals surface area contributed by atoms with Crippen LogP contribution in [0.1, 0.15) is 16.7 Å². The number of hydrogen-bond donors (Lipinski definition) is 0. The minimum Gasteiger partial charge on any atom is -1.00 e. The van der Waals surface area contributed by atoms with Crippen LogP contribution in [-0.4, -0.2) is 16.6 Å². The van der Waals surface area contributed by atoms with Gasteiger partial charge in [0, 0.05) is 19.0 Å². The Bertz CT molecular complexity index is 456. The Kier molecular flexibility index (Phi) is 15.6. The van der Waals surface area contributed by atoms with E-state index in [1.165, 1.54) is 0 Å². The summed E-state index contributed by atoms with van der Waals surface area (Å²) in [6.07, 6.45) is 4.89. The quantitative estimate of drug-likeness (QED) is 0.478. The highest BCUT2D eigenvalue weighted by molar-refractivity contribution is 6.07. The zero-order valence-corrected chi connectivity index (χ0v) is 12.0. The van der Waals surface area contributed by atoms with Crippen LogP contribution in [0.15, 0.2) is 5.10 Å². The Morgan fingerprint density at radius 3 is 2.22 bits per heavy atom. The number of hydrogen-bond acceptors (Lipinski definition) is 2. The maximum absolute atomic E-state index is 11.4. The van der Waals surface area contributed by atoms with Crippen LogP contribution in [0.25, 0.3) is 0 Å². The number of hydrazone groups is 1. The molecule has 0 aromatic carbocycles. The van der Waals surface area contributed by atoms with Crippen LogP contribution in [0.5, 0.6) is 0 Å². The molecular weight excluding hydrogens is 224 g/mol. The fraction of sp³-hybridized carbons (Fsp3) is 0.200. The van der Waals surface area contributed by atoms with Gasteiger partial charge in [-0.05, 0) is 25.7 Å². The molecule has 0 aromatic rings. The van der Waals surface area contributed by atoms with Crippen LogP contribution < -0.4 is 0 Å². The topological polar surface area (TPSA) is 32.7 Å². The van der Waals surface area contributed by atoms with Crippen LogP contribution in [0.3, 0.4) is 0 Å². The molecule has 0 N–H and O–H groups in total. The highest BCUT2D eigenvalue weighted by atomic mass is 16.2. The number of carbonyl (C=O) groups is 1. The molecule has 3 nitrogen and oxygen atoms in total. The second-order valence-corrected chi connectivity index (χ2v) is 2.74. The maximum Gasteiger partial charge on any atom is 0.263 e. The lowest BCUT2D eigenvalue weighted by Crippen LogP contribution is -2.21. The fourth-order valence-corrected chi connectivity index (χ4v) is 0.884.